The van der Waals surface area contributed by atoms with Crippen molar-refractivity contribution in [3.05, 3.63) is 17.0 Å². The molecule has 1 aliphatic rings. The van der Waals surface area contributed by atoms with Gasteiger partial charge in [0.2, 0.25) is 0 Å². The standard InChI is InChI=1S/C12H18ClN3/c1-8(2)16(7-10-4-5-10)12-6-11(13)14-9(3)15-12/h6,8,10H,4-5,7H2,1-3H3. The molecule has 0 N–H and O–H groups in total. The average Bonchev–Trinajstić information content (AvgIpc) is 2.95. The van der Waals surface area contributed by atoms with E-state index in [4.69, 9.17) is 11.6 Å². The van der Waals surface area contributed by atoms with Gasteiger partial charge in [0, 0.05) is 18.7 Å². The van der Waals surface area contributed by atoms with Crippen LogP contribution >= 0.6 is 11.6 Å². The van der Waals surface area contributed by atoms with Gasteiger partial charge in [-0.05, 0) is 39.5 Å². The van der Waals surface area contributed by atoms with Crippen molar-refractivity contribution in [2.45, 2.75) is 39.7 Å². The van der Waals surface area contributed by atoms with Crippen molar-refractivity contribution in [2.24, 2.45) is 5.92 Å². The number of halogens is 1. The van der Waals surface area contributed by atoms with Crippen molar-refractivity contribution in [1.29, 1.82) is 0 Å². The van der Waals surface area contributed by atoms with Crippen LogP contribution < -0.4 is 4.90 Å². The summed E-state index contributed by atoms with van der Waals surface area (Å²) >= 11 is 5.97. The molecule has 1 aliphatic carbocycles. The second kappa shape index (κ2) is 4.58. The van der Waals surface area contributed by atoms with Crippen molar-refractivity contribution in [3.8, 4) is 0 Å². The summed E-state index contributed by atoms with van der Waals surface area (Å²) in [5.74, 6) is 2.54. The molecule has 1 aromatic heterocycles. The number of hydrogen-bond donors (Lipinski definition) is 0. The normalized spacial score (nSPS) is 15.6. The average molecular weight is 240 g/mol. The molecule has 1 fully saturated rings. The van der Waals surface area contributed by atoms with Crippen LogP contribution in [-0.4, -0.2) is 22.6 Å². The Morgan fingerprint density at radius 1 is 1.44 bits per heavy atom. The zero-order chi connectivity index (χ0) is 11.7. The summed E-state index contributed by atoms with van der Waals surface area (Å²) in [7, 11) is 0. The molecule has 0 spiro atoms. The molecule has 1 aromatic rings. The van der Waals surface area contributed by atoms with Crippen LogP contribution in [0.4, 0.5) is 5.82 Å². The van der Waals surface area contributed by atoms with Crippen molar-refractivity contribution in [3.63, 3.8) is 0 Å². The summed E-state index contributed by atoms with van der Waals surface area (Å²) in [5.41, 5.74) is 0. The Hall–Kier alpha value is -0.830. The van der Waals surface area contributed by atoms with E-state index < -0.39 is 0 Å². The maximum atomic E-state index is 5.97. The minimum absolute atomic E-state index is 0.450. The van der Waals surface area contributed by atoms with Crippen molar-refractivity contribution in [1.82, 2.24) is 9.97 Å². The van der Waals surface area contributed by atoms with E-state index in [2.05, 4.69) is 28.7 Å². The van der Waals surface area contributed by atoms with Gasteiger partial charge in [0.05, 0.1) is 0 Å². The third-order valence-corrected chi connectivity index (χ3v) is 3.06. The summed E-state index contributed by atoms with van der Waals surface area (Å²) < 4.78 is 0. The van der Waals surface area contributed by atoms with Crippen LogP contribution in [0.5, 0.6) is 0 Å². The van der Waals surface area contributed by atoms with Crippen molar-refractivity contribution in [2.75, 3.05) is 11.4 Å². The minimum atomic E-state index is 0.450. The lowest BCUT2D eigenvalue weighted by Gasteiger charge is -2.28. The molecule has 0 unspecified atom stereocenters. The van der Waals surface area contributed by atoms with Gasteiger partial charge in [0.1, 0.15) is 16.8 Å². The highest BCUT2D eigenvalue weighted by atomic mass is 35.5. The Bertz CT molecular complexity index is 354. The van der Waals surface area contributed by atoms with E-state index in [-0.39, 0.29) is 0 Å². The molecule has 4 heteroatoms. The van der Waals surface area contributed by atoms with E-state index in [0.29, 0.717) is 11.2 Å². The molecule has 1 saturated carbocycles. The topological polar surface area (TPSA) is 29.0 Å². The van der Waals surface area contributed by atoms with Crippen LogP contribution in [0, 0.1) is 12.8 Å². The lowest BCUT2D eigenvalue weighted by atomic mass is 10.2. The smallest absolute Gasteiger partial charge is 0.134 e. The molecule has 0 aliphatic heterocycles. The van der Waals surface area contributed by atoms with Gasteiger partial charge in [-0.1, -0.05) is 11.6 Å². The van der Waals surface area contributed by atoms with E-state index in [9.17, 15) is 0 Å². The molecule has 0 radical (unpaired) electrons. The highest BCUT2D eigenvalue weighted by Gasteiger charge is 2.26. The van der Waals surface area contributed by atoms with Gasteiger partial charge in [-0.15, -0.1) is 0 Å². The molecule has 0 aromatic carbocycles. The summed E-state index contributed by atoms with van der Waals surface area (Å²) in [6.45, 7) is 7.34. The third kappa shape index (κ3) is 2.85. The molecule has 3 nitrogen and oxygen atoms in total. The monoisotopic (exact) mass is 239 g/mol. The van der Waals surface area contributed by atoms with Crippen molar-refractivity contribution >= 4 is 17.4 Å². The maximum Gasteiger partial charge on any atom is 0.134 e. The molecular weight excluding hydrogens is 222 g/mol. The van der Waals surface area contributed by atoms with E-state index in [0.717, 1.165) is 24.1 Å². The van der Waals surface area contributed by atoms with Crippen LogP contribution in [0.1, 0.15) is 32.5 Å². The van der Waals surface area contributed by atoms with Gasteiger partial charge in [-0.2, -0.15) is 0 Å². The summed E-state index contributed by atoms with van der Waals surface area (Å²) in [4.78, 5) is 10.9. The van der Waals surface area contributed by atoms with Crippen LogP contribution in [0.15, 0.2) is 6.07 Å². The Morgan fingerprint density at radius 3 is 2.62 bits per heavy atom. The Balaban J connectivity index is 2.22. The summed E-state index contributed by atoms with van der Waals surface area (Å²) in [5, 5.41) is 0.531. The third-order valence-electron chi connectivity index (χ3n) is 2.86. The zero-order valence-electron chi connectivity index (χ0n) is 10.1. The van der Waals surface area contributed by atoms with Crippen LogP contribution in [0.2, 0.25) is 5.15 Å². The number of aryl methyl sites for hydroxylation is 1. The highest BCUT2D eigenvalue weighted by Crippen LogP contribution is 2.32. The maximum absolute atomic E-state index is 5.97. The number of hydrogen-bond acceptors (Lipinski definition) is 3. The zero-order valence-corrected chi connectivity index (χ0v) is 10.8. The first kappa shape index (κ1) is 11.6. The molecule has 1 heterocycles. The fourth-order valence-corrected chi connectivity index (χ4v) is 2.03. The van der Waals surface area contributed by atoms with E-state index in [1.165, 1.54) is 12.8 Å². The first-order valence-electron chi connectivity index (χ1n) is 5.84. The van der Waals surface area contributed by atoms with Gasteiger partial charge in [0.25, 0.3) is 0 Å². The number of anilines is 1. The van der Waals surface area contributed by atoms with Crippen LogP contribution in [0.25, 0.3) is 0 Å². The largest absolute Gasteiger partial charge is 0.354 e. The summed E-state index contributed by atoms with van der Waals surface area (Å²) in [6.07, 6.45) is 2.70. The van der Waals surface area contributed by atoms with Gasteiger partial charge in [0.15, 0.2) is 0 Å². The molecular formula is C12H18ClN3. The van der Waals surface area contributed by atoms with Crippen LogP contribution in [0.3, 0.4) is 0 Å². The van der Waals surface area contributed by atoms with Gasteiger partial charge in [-0.25, -0.2) is 9.97 Å². The van der Waals surface area contributed by atoms with E-state index in [1.807, 2.05) is 13.0 Å². The highest BCUT2D eigenvalue weighted by molar-refractivity contribution is 6.29. The van der Waals surface area contributed by atoms with Crippen molar-refractivity contribution < 1.29 is 0 Å². The van der Waals surface area contributed by atoms with E-state index >= 15 is 0 Å². The minimum Gasteiger partial charge on any atom is -0.354 e. The second-order valence-corrected chi connectivity index (χ2v) is 5.17. The van der Waals surface area contributed by atoms with E-state index in [1.54, 1.807) is 0 Å². The molecule has 16 heavy (non-hydrogen) atoms. The Kier molecular flexibility index (Phi) is 3.33. The molecule has 2 rings (SSSR count). The molecule has 0 saturated heterocycles. The fraction of sp³-hybridized carbons (Fsp3) is 0.667. The first-order valence-corrected chi connectivity index (χ1v) is 6.22. The number of aromatic nitrogens is 2. The quantitative estimate of drug-likeness (QED) is 0.757. The molecule has 0 amide bonds. The predicted octanol–water partition coefficient (Wildman–Crippen LogP) is 3.06. The molecule has 0 atom stereocenters. The number of rotatable bonds is 4. The van der Waals surface area contributed by atoms with Gasteiger partial charge >= 0.3 is 0 Å². The van der Waals surface area contributed by atoms with Gasteiger partial charge < -0.3 is 4.90 Å². The second-order valence-electron chi connectivity index (χ2n) is 4.79. The Morgan fingerprint density at radius 2 is 2.12 bits per heavy atom. The number of nitrogens with zero attached hydrogens (tertiary/aromatic N) is 3. The Labute approximate surface area is 102 Å². The van der Waals surface area contributed by atoms with Crippen LogP contribution in [-0.2, 0) is 0 Å². The first-order chi connectivity index (χ1) is 7.56. The fourth-order valence-electron chi connectivity index (χ4n) is 1.81. The molecule has 88 valence electrons. The predicted molar refractivity (Wildman–Crippen MR) is 67.0 cm³/mol. The van der Waals surface area contributed by atoms with Gasteiger partial charge in [-0.3, -0.25) is 0 Å². The lowest BCUT2D eigenvalue weighted by Crippen LogP contribution is -2.33. The molecule has 0 bridgehead atoms. The SMILES string of the molecule is Cc1nc(Cl)cc(N(CC2CC2)C(C)C)n1. The summed E-state index contributed by atoms with van der Waals surface area (Å²) in [6, 6.07) is 2.31. The lowest BCUT2D eigenvalue weighted by molar-refractivity contribution is 0.634.